The van der Waals surface area contributed by atoms with Gasteiger partial charge in [0.05, 0.1) is 12.0 Å². The molecule has 2 unspecified atom stereocenters. The third kappa shape index (κ3) is 3.47. The van der Waals surface area contributed by atoms with E-state index in [0.717, 1.165) is 23.4 Å². The molecule has 0 radical (unpaired) electrons. The van der Waals surface area contributed by atoms with Crippen LogP contribution >= 0.6 is 11.6 Å². The SMILES string of the molecule is O=C(NCC1(c2ccc(Cl)cc2)CC1)C1CNNC1c1cccc(F)c1. The number of carbonyl (C=O) groups is 1. The van der Waals surface area contributed by atoms with Gasteiger partial charge in [-0.25, -0.2) is 9.82 Å². The van der Waals surface area contributed by atoms with Crippen molar-refractivity contribution in [1.29, 1.82) is 0 Å². The Kier molecular flexibility index (Phi) is 4.69. The maximum atomic E-state index is 13.5. The Hall–Kier alpha value is -1.95. The Bertz CT molecular complexity index is 807. The largest absolute Gasteiger partial charge is 0.355 e. The molecular weight excluding hydrogens is 353 g/mol. The molecule has 0 aromatic heterocycles. The number of hydrogen-bond acceptors (Lipinski definition) is 3. The lowest BCUT2D eigenvalue weighted by Gasteiger charge is -2.21. The molecule has 6 heteroatoms. The van der Waals surface area contributed by atoms with Crippen molar-refractivity contribution < 1.29 is 9.18 Å². The molecule has 1 aliphatic carbocycles. The molecule has 0 spiro atoms. The fourth-order valence-corrected chi connectivity index (χ4v) is 3.79. The number of carbonyl (C=O) groups excluding carboxylic acids is 1. The number of nitrogens with one attached hydrogen (secondary N) is 3. The molecule has 4 rings (SSSR count). The maximum Gasteiger partial charge on any atom is 0.226 e. The van der Waals surface area contributed by atoms with Crippen molar-refractivity contribution in [3.8, 4) is 0 Å². The topological polar surface area (TPSA) is 53.2 Å². The Morgan fingerprint density at radius 2 is 2.00 bits per heavy atom. The van der Waals surface area contributed by atoms with Gasteiger partial charge in [0.2, 0.25) is 5.91 Å². The van der Waals surface area contributed by atoms with Crippen LogP contribution in [-0.2, 0) is 10.2 Å². The van der Waals surface area contributed by atoms with Crippen LogP contribution in [-0.4, -0.2) is 19.0 Å². The van der Waals surface area contributed by atoms with Crippen LogP contribution in [0.2, 0.25) is 5.02 Å². The van der Waals surface area contributed by atoms with Gasteiger partial charge in [-0.3, -0.25) is 10.2 Å². The first-order valence-electron chi connectivity index (χ1n) is 8.85. The minimum atomic E-state index is -0.296. The molecule has 4 nitrogen and oxygen atoms in total. The molecule has 1 amide bonds. The first-order chi connectivity index (χ1) is 12.6. The van der Waals surface area contributed by atoms with Crippen LogP contribution in [0.3, 0.4) is 0 Å². The highest BCUT2D eigenvalue weighted by atomic mass is 35.5. The van der Waals surface area contributed by atoms with E-state index in [2.05, 4.69) is 16.2 Å². The van der Waals surface area contributed by atoms with Gasteiger partial charge in [0.25, 0.3) is 0 Å². The van der Waals surface area contributed by atoms with Gasteiger partial charge in [0, 0.05) is 23.5 Å². The lowest BCUT2D eigenvalue weighted by Crippen LogP contribution is -2.39. The van der Waals surface area contributed by atoms with Crippen molar-refractivity contribution >= 4 is 17.5 Å². The van der Waals surface area contributed by atoms with E-state index in [-0.39, 0.29) is 29.1 Å². The van der Waals surface area contributed by atoms with Crippen molar-refractivity contribution in [3.05, 3.63) is 70.5 Å². The van der Waals surface area contributed by atoms with Gasteiger partial charge in [0.1, 0.15) is 5.82 Å². The molecule has 3 N–H and O–H groups in total. The number of hydrogen-bond donors (Lipinski definition) is 3. The second kappa shape index (κ2) is 6.99. The fourth-order valence-electron chi connectivity index (χ4n) is 3.67. The Labute approximate surface area is 157 Å². The molecule has 1 heterocycles. The minimum Gasteiger partial charge on any atom is -0.355 e. The molecule has 2 fully saturated rings. The average Bonchev–Trinajstić information content (AvgIpc) is 3.26. The number of rotatable bonds is 5. The van der Waals surface area contributed by atoms with Gasteiger partial charge in [-0.05, 0) is 48.2 Å². The van der Waals surface area contributed by atoms with E-state index < -0.39 is 0 Å². The molecule has 0 bridgehead atoms. The third-order valence-corrected chi connectivity index (χ3v) is 5.69. The molecular formula is C20H21ClFN3O. The normalized spacial score (nSPS) is 23.6. The number of hydrazine groups is 1. The second-order valence-corrected chi connectivity index (χ2v) is 7.61. The summed E-state index contributed by atoms with van der Waals surface area (Å²) in [5.41, 5.74) is 8.12. The number of benzene rings is 2. The standard InChI is InChI=1S/C20H21ClFN3O/c21-15-6-4-14(5-7-15)20(8-9-20)12-23-19(26)17-11-24-25-18(17)13-2-1-3-16(22)10-13/h1-7,10,17-18,24-25H,8-9,11-12H2,(H,23,26). The monoisotopic (exact) mass is 373 g/mol. The molecule has 136 valence electrons. The van der Waals surface area contributed by atoms with Crippen molar-refractivity contribution in [1.82, 2.24) is 16.2 Å². The highest BCUT2D eigenvalue weighted by Gasteiger charge is 2.45. The van der Waals surface area contributed by atoms with Crippen LogP contribution in [0.15, 0.2) is 48.5 Å². The first-order valence-corrected chi connectivity index (χ1v) is 9.23. The highest BCUT2D eigenvalue weighted by Crippen LogP contribution is 2.47. The van der Waals surface area contributed by atoms with Crippen molar-refractivity contribution in [2.75, 3.05) is 13.1 Å². The molecule has 26 heavy (non-hydrogen) atoms. The maximum absolute atomic E-state index is 13.5. The van der Waals surface area contributed by atoms with Crippen LogP contribution in [0, 0.1) is 11.7 Å². The first kappa shape index (κ1) is 17.5. The van der Waals surface area contributed by atoms with Crippen LogP contribution in [0.4, 0.5) is 4.39 Å². The van der Waals surface area contributed by atoms with Gasteiger partial charge in [-0.2, -0.15) is 0 Å². The summed E-state index contributed by atoms with van der Waals surface area (Å²) in [5.74, 6) is -0.593. The summed E-state index contributed by atoms with van der Waals surface area (Å²) in [4.78, 5) is 12.8. The van der Waals surface area contributed by atoms with E-state index in [1.165, 1.54) is 17.7 Å². The van der Waals surface area contributed by atoms with Crippen molar-refractivity contribution in [3.63, 3.8) is 0 Å². The van der Waals surface area contributed by atoms with Gasteiger partial charge in [-0.15, -0.1) is 0 Å². The average molecular weight is 374 g/mol. The summed E-state index contributed by atoms with van der Waals surface area (Å²) in [5, 5.41) is 3.83. The van der Waals surface area contributed by atoms with Gasteiger partial charge in [-0.1, -0.05) is 35.9 Å². The van der Waals surface area contributed by atoms with E-state index in [1.807, 2.05) is 30.3 Å². The van der Waals surface area contributed by atoms with E-state index in [9.17, 15) is 9.18 Å². The van der Waals surface area contributed by atoms with E-state index in [0.29, 0.717) is 13.1 Å². The molecule has 1 saturated heterocycles. The Balaban J connectivity index is 1.42. The third-order valence-electron chi connectivity index (χ3n) is 5.44. The molecule has 2 aliphatic rings. The second-order valence-electron chi connectivity index (χ2n) is 7.17. The van der Waals surface area contributed by atoms with Crippen LogP contribution in [0.25, 0.3) is 0 Å². The summed E-state index contributed by atoms with van der Waals surface area (Å²) in [6.07, 6.45) is 2.12. The predicted molar refractivity (Wildman–Crippen MR) is 99.1 cm³/mol. The summed E-state index contributed by atoms with van der Waals surface area (Å²) in [6.45, 7) is 1.13. The van der Waals surface area contributed by atoms with E-state index >= 15 is 0 Å². The van der Waals surface area contributed by atoms with Crippen LogP contribution < -0.4 is 16.2 Å². The van der Waals surface area contributed by atoms with Crippen LogP contribution in [0.5, 0.6) is 0 Å². The van der Waals surface area contributed by atoms with Gasteiger partial charge < -0.3 is 5.32 Å². The summed E-state index contributed by atoms with van der Waals surface area (Å²) >= 11 is 5.97. The molecule has 2 aromatic carbocycles. The van der Waals surface area contributed by atoms with Crippen molar-refractivity contribution in [2.24, 2.45) is 5.92 Å². The van der Waals surface area contributed by atoms with Gasteiger partial charge >= 0.3 is 0 Å². The van der Waals surface area contributed by atoms with E-state index in [4.69, 9.17) is 11.6 Å². The smallest absolute Gasteiger partial charge is 0.226 e. The summed E-state index contributed by atoms with van der Waals surface area (Å²) in [7, 11) is 0. The number of halogens is 2. The Morgan fingerprint density at radius 1 is 1.23 bits per heavy atom. The molecule has 1 aliphatic heterocycles. The number of amides is 1. The Morgan fingerprint density at radius 3 is 2.69 bits per heavy atom. The molecule has 2 aromatic rings. The van der Waals surface area contributed by atoms with E-state index in [1.54, 1.807) is 6.07 Å². The summed E-state index contributed by atoms with van der Waals surface area (Å²) in [6, 6.07) is 14.0. The van der Waals surface area contributed by atoms with Crippen molar-refractivity contribution in [2.45, 2.75) is 24.3 Å². The highest BCUT2D eigenvalue weighted by molar-refractivity contribution is 6.30. The predicted octanol–water partition coefficient (Wildman–Crippen LogP) is 3.09. The zero-order chi connectivity index (χ0) is 18.1. The minimum absolute atomic E-state index is 0.0167. The fraction of sp³-hybridized carbons (Fsp3) is 0.350. The van der Waals surface area contributed by atoms with Crippen LogP contribution in [0.1, 0.15) is 30.0 Å². The zero-order valence-corrected chi connectivity index (χ0v) is 15.0. The summed E-state index contributed by atoms with van der Waals surface area (Å²) < 4.78 is 13.5. The zero-order valence-electron chi connectivity index (χ0n) is 14.3. The lowest BCUT2D eigenvalue weighted by molar-refractivity contribution is -0.125. The lowest BCUT2D eigenvalue weighted by atomic mass is 9.92. The molecule has 2 atom stereocenters. The van der Waals surface area contributed by atoms with Gasteiger partial charge in [0.15, 0.2) is 0 Å². The molecule has 1 saturated carbocycles. The quantitative estimate of drug-likeness (QED) is 0.755.